The number of benzene rings is 2. The maximum Gasteiger partial charge on any atom is 0.262 e. The molecule has 0 bridgehead atoms. The van der Waals surface area contributed by atoms with E-state index < -0.39 is 10.0 Å². The van der Waals surface area contributed by atoms with E-state index in [2.05, 4.69) is 4.72 Å². The molecule has 0 spiro atoms. The van der Waals surface area contributed by atoms with Crippen molar-refractivity contribution in [1.29, 1.82) is 0 Å². The first-order chi connectivity index (χ1) is 12.2. The van der Waals surface area contributed by atoms with Crippen molar-refractivity contribution >= 4 is 21.6 Å². The van der Waals surface area contributed by atoms with Crippen LogP contribution in [0.15, 0.2) is 41.3 Å². The Morgan fingerprint density at radius 3 is 2.19 bits per heavy atom. The van der Waals surface area contributed by atoms with Gasteiger partial charge in [-0.15, -0.1) is 0 Å². The number of hydrogen-bond donors (Lipinski definition) is 1. The van der Waals surface area contributed by atoms with E-state index in [0.717, 1.165) is 11.1 Å². The van der Waals surface area contributed by atoms with Crippen LogP contribution in [0.25, 0.3) is 0 Å². The number of nitrogens with zero attached hydrogens (tertiary/aromatic N) is 1. The van der Waals surface area contributed by atoms with Crippen molar-refractivity contribution in [3.8, 4) is 0 Å². The molecule has 0 aromatic heterocycles. The second kappa shape index (κ2) is 7.91. The topological polar surface area (TPSA) is 66.5 Å². The largest absolute Gasteiger partial charge is 0.339 e. The molecule has 0 saturated heterocycles. The molecule has 26 heavy (non-hydrogen) atoms. The molecule has 0 aliphatic rings. The van der Waals surface area contributed by atoms with Crippen molar-refractivity contribution in [3.63, 3.8) is 0 Å². The summed E-state index contributed by atoms with van der Waals surface area (Å²) < 4.78 is 28.5. The molecule has 2 rings (SSSR count). The van der Waals surface area contributed by atoms with Crippen molar-refractivity contribution in [3.05, 3.63) is 58.7 Å². The minimum atomic E-state index is -3.80. The third-order valence-electron chi connectivity index (χ3n) is 4.40. The van der Waals surface area contributed by atoms with Crippen LogP contribution in [-0.2, 0) is 10.0 Å². The van der Waals surface area contributed by atoms with Gasteiger partial charge in [-0.25, -0.2) is 8.42 Å². The summed E-state index contributed by atoms with van der Waals surface area (Å²) in [6, 6.07) is 10.3. The van der Waals surface area contributed by atoms with E-state index in [0.29, 0.717) is 29.9 Å². The Bertz CT molecular complexity index is 917. The summed E-state index contributed by atoms with van der Waals surface area (Å²) in [6.45, 7) is 10.5. The minimum absolute atomic E-state index is 0.121. The van der Waals surface area contributed by atoms with Crippen LogP contribution in [0.4, 0.5) is 5.69 Å². The molecule has 0 fully saturated rings. The quantitative estimate of drug-likeness (QED) is 0.834. The molecule has 0 aliphatic carbocycles. The monoisotopic (exact) mass is 374 g/mol. The van der Waals surface area contributed by atoms with Crippen LogP contribution < -0.4 is 4.72 Å². The molecule has 2 aromatic rings. The lowest BCUT2D eigenvalue weighted by Gasteiger charge is -2.19. The summed E-state index contributed by atoms with van der Waals surface area (Å²) in [5.41, 5.74) is 3.42. The zero-order valence-electron chi connectivity index (χ0n) is 16.0. The van der Waals surface area contributed by atoms with Crippen LogP contribution in [0.5, 0.6) is 0 Å². The van der Waals surface area contributed by atoms with E-state index >= 15 is 0 Å². The van der Waals surface area contributed by atoms with Gasteiger partial charge in [0.1, 0.15) is 0 Å². The number of anilines is 1. The molecule has 0 saturated carbocycles. The third kappa shape index (κ3) is 4.25. The number of nitrogens with one attached hydrogen (secondary N) is 1. The van der Waals surface area contributed by atoms with Crippen molar-refractivity contribution in [2.24, 2.45) is 0 Å². The maximum absolute atomic E-state index is 12.9. The fraction of sp³-hybridized carbons (Fsp3) is 0.350. The SMILES string of the molecule is CCN(CC)C(=O)c1ccc(C)c(S(=O)(=O)Nc2ccc(C)cc2C)c1. The number of amides is 1. The van der Waals surface area contributed by atoms with Crippen LogP contribution in [0.3, 0.4) is 0 Å². The smallest absolute Gasteiger partial charge is 0.262 e. The van der Waals surface area contributed by atoms with Crippen molar-refractivity contribution in [1.82, 2.24) is 4.90 Å². The van der Waals surface area contributed by atoms with E-state index in [1.54, 1.807) is 30.0 Å². The van der Waals surface area contributed by atoms with E-state index in [1.165, 1.54) is 6.07 Å². The Hall–Kier alpha value is -2.34. The van der Waals surface area contributed by atoms with Gasteiger partial charge in [-0.3, -0.25) is 9.52 Å². The predicted octanol–water partition coefficient (Wildman–Crippen LogP) is 3.89. The van der Waals surface area contributed by atoms with Gasteiger partial charge in [-0.2, -0.15) is 0 Å². The average Bonchev–Trinajstić information content (AvgIpc) is 2.58. The summed E-state index contributed by atoms with van der Waals surface area (Å²) >= 11 is 0. The van der Waals surface area contributed by atoms with Crippen molar-refractivity contribution in [2.45, 2.75) is 39.5 Å². The zero-order valence-corrected chi connectivity index (χ0v) is 16.8. The first-order valence-corrected chi connectivity index (χ1v) is 10.2. The lowest BCUT2D eigenvalue weighted by molar-refractivity contribution is 0.0772. The van der Waals surface area contributed by atoms with Crippen molar-refractivity contribution < 1.29 is 13.2 Å². The molecule has 0 heterocycles. The Kier molecular flexibility index (Phi) is 6.08. The number of aryl methyl sites for hydroxylation is 3. The first-order valence-electron chi connectivity index (χ1n) is 8.69. The number of carbonyl (C=O) groups is 1. The van der Waals surface area contributed by atoms with Crippen LogP contribution in [0.2, 0.25) is 0 Å². The summed E-state index contributed by atoms with van der Waals surface area (Å²) in [6.07, 6.45) is 0. The zero-order chi connectivity index (χ0) is 19.5. The second-order valence-corrected chi connectivity index (χ2v) is 8.03. The molecule has 1 N–H and O–H groups in total. The average molecular weight is 375 g/mol. The highest BCUT2D eigenvalue weighted by Gasteiger charge is 2.21. The normalized spacial score (nSPS) is 11.3. The highest BCUT2D eigenvalue weighted by Crippen LogP contribution is 2.24. The van der Waals surface area contributed by atoms with Crippen molar-refractivity contribution in [2.75, 3.05) is 17.8 Å². The van der Waals surface area contributed by atoms with Crippen LogP contribution in [0.1, 0.15) is 40.9 Å². The molecular weight excluding hydrogens is 348 g/mol. The standard InChI is InChI=1S/C20H26N2O3S/c1-6-22(7-2)20(23)17-10-9-15(4)19(13-17)26(24,25)21-18-11-8-14(3)12-16(18)5/h8-13,21H,6-7H2,1-5H3. The van der Waals surface area contributed by atoms with E-state index in [9.17, 15) is 13.2 Å². The van der Waals surface area contributed by atoms with Gasteiger partial charge in [0.25, 0.3) is 15.9 Å². The van der Waals surface area contributed by atoms with Gasteiger partial charge in [-0.05, 0) is 63.9 Å². The molecule has 0 aliphatic heterocycles. The van der Waals surface area contributed by atoms with Gasteiger partial charge < -0.3 is 4.90 Å². The second-order valence-electron chi connectivity index (χ2n) is 6.38. The molecular formula is C20H26N2O3S. The highest BCUT2D eigenvalue weighted by atomic mass is 32.2. The van der Waals surface area contributed by atoms with E-state index in [4.69, 9.17) is 0 Å². The number of rotatable bonds is 6. The lowest BCUT2D eigenvalue weighted by Crippen LogP contribution is -2.30. The maximum atomic E-state index is 12.9. The minimum Gasteiger partial charge on any atom is -0.339 e. The Balaban J connectivity index is 2.42. The Morgan fingerprint density at radius 2 is 1.62 bits per heavy atom. The van der Waals surface area contributed by atoms with Gasteiger partial charge in [-0.1, -0.05) is 23.8 Å². The van der Waals surface area contributed by atoms with Crippen LogP contribution in [-0.4, -0.2) is 32.3 Å². The first kappa shape index (κ1) is 20.0. The summed E-state index contributed by atoms with van der Waals surface area (Å²) in [7, 11) is -3.80. The predicted molar refractivity (Wildman–Crippen MR) is 105 cm³/mol. The van der Waals surface area contributed by atoms with Gasteiger partial charge in [0, 0.05) is 18.7 Å². The lowest BCUT2D eigenvalue weighted by atomic mass is 10.1. The summed E-state index contributed by atoms with van der Waals surface area (Å²) in [5.74, 6) is -0.169. The van der Waals surface area contributed by atoms with Gasteiger partial charge in [0.05, 0.1) is 10.6 Å². The highest BCUT2D eigenvalue weighted by molar-refractivity contribution is 7.92. The number of sulfonamides is 1. The molecule has 2 aromatic carbocycles. The summed E-state index contributed by atoms with van der Waals surface area (Å²) in [5, 5.41) is 0. The summed E-state index contributed by atoms with van der Waals surface area (Å²) in [4.78, 5) is 14.3. The molecule has 0 unspecified atom stereocenters. The van der Waals surface area contributed by atoms with Gasteiger partial charge in [0.15, 0.2) is 0 Å². The molecule has 140 valence electrons. The number of hydrogen-bond acceptors (Lipinski definition) is 3. The molecule has 6 heteroatoms. The molecule has 0 atom stereocenters. The number of carbonyl (C=O) groups excluding carboxylic acids is 1. The molecule has 0 radical (unpaired) electrons. The molecule has 5 nitrogen and oxygen atoms in total. The Morgan fingerprint density at radius 1 is 0.962 bits per heavy atom. The third-order valence-corrected chi connectivity index (χ3v) is 5.91. The van der Waals surface area contributed by atoms with E-state index in [1.807, 2.05) is 39.8 Å². The fourth-order valence-electron chi connectivity index (χ4n) is 2.84. The van der Waals surface area contributed by atoms with Crippen LogP contribution >= 0.6 is 0 Å². The molecule has 1 amide bonds. The fourth-order valence-corrected chi connectivity index (χ4v) is 4.25. The van der Waals surface area contributed by atoms with Gasteiger partial charge in [0.2, 0.25) is 0 Å². The van der Waals surface area contributed by atoms with Crippen LogP contribution in [0, 0.1) is 20.8 Å². The Labute approximate surface area is 156 Å². The van der Waals surface area contributed by atoms with E-state index in [-0.39, 0.29) is 10.8 Å². The van der Waals surface area contributed by atoms with Gasteiger partial charge >= 0.3 is 0 Å².